The van der Waals surface area contributed by atoms with E-state index in [9.17, 15) is 36.7 Å². The van der Waals surface area contributed by atoms with E-state index in [1.807, 2.05) is 0 Å². The summed E-state index contributed by atoms with van der Waals surface area (Å²) in [6.07, 6.45) is -4.28. The molecule has 0 spiro atoms. The highest BCUT2D eigenvalue weighted by Crippen LogP contribution is 2.50. The lowest BCUT2D eigenvalue weighted by Gasteiger charge is -2.40. The number of rotatable bonds is 6. The smallest absolute Gasteiger partial charge is 0.416 e. The van der Waals surface area contributed by atoms with Crippen LogP contribution in [0.5, 0.6) is 0 Å². The van der Waals surface area contributed by atoms with Crippen molar-refractivity contribution in [1.29, 1.82) is 0 Å². The van der Waals surface area contributed by atoms with Crippen molar-refractivity contribution in [2.45, 2.75) is 53.7 Å². The molecule has 2 N–H and O–H groups in total. The molecule has 0 aliphatic carbocycles. The zero-order valence-corrected chi connectivity index (χ0v) is 20.7. The zero-order valence-electron chi connectivity index (χ0n) is 19.8. The fraction of sp³-hybridized carbons (Fsp3) is 0.360. The lowest BCUT2D eigenvalue weighted by atomic mass is 10.0. The summed E-state index contributed by atoms with van der Waals surface area (Å²) in [6.45, 7) is -1.39. The van der Waals surface area contributed by atoms with E-state index in [4.69, 9.17) is 5.11 Å². The minimum absolute atomic E-state index is 0.00891. The van der Waals surface area contributed by atoms with Gasteiger partial charge in [-0.25, -0.2) is 9.18 Å². The number of carbonyl (C=O) groups is 4. The second-order valence-electron chi connectivity index (χ2n) is 8.83. The van der Waals surface area contributed by atoms with Crippen LogP contribution in [0.25, 0.3) is 0 Å². The minimum Gasteiger partial charge on any atom is -0.481 e. The second kappa shape index (κ2) is 11.0. The number of likely N-dealkylation sites (tertiary alicyclic amines) is 1. The number of anilines is 2. The lowest BCUT2D eigenvalue weighted by Crippen LogP contribution is -2.57. The molecule has 3 amide bonds. The van der Waals surface area contributed by atoms with E-state index in [1.165, 1.54) is 22.7 Å². The topological polar surface area (TPSA) is 107 Å². The highest BCUT2D eigenvalue weighted by Gasteiger charge is 2.40. The van der Waals surface area contributed by atoms with Gasteiger partial charge >= 0.3 is 18.2 Å². The van der Waals surface area contributed by atoms with Crippen molar-refractivity contribution in [2.24, 2.45) is 0 Å². The predicted molar refractivity (Wildman–Crippen MR) is 129 cm³/mol. The van der Waals surface area contributed by atoms with Crippen molar-refractivity contribution >= 4 is 46.8 Å². The fourth-order valence-corrected chi connectivity index (χ4v) is 5.52. The number of halogens is 4. The number of nitrogens with zero attached hydrogens (tertiary/aromatic N) is 2. The van der Waals surface area contributed by atoms with Crippen LogP contribution in [0.4, 0.5) is 33.7 Å². The van der Waals surface area contributed by atoms with Gasteiger partial charge in [-0.05, 0) is 49.6 Å². The Kier molecular flexibility index (Phi) is 7.95. The maximum atomic E-state index is 14.0. The van der Waals surface area contributed by atoms with Crippen molar-refractivity contribution < 1.29 is 41.8 Å². The van der Waals surface area contributed by atoms with Gasteiger partial charge in [-0.15, -0.1) is 0 Å². The summed E-state index contributed by atoms with van der Waals surface area (Å²) in [4.78, 5) is 53.5. The molecule has 38 heavy (non-hydrogen) atoms. The number of carboxylic acid groups (broad SMARTS) is 1. The number of fused-ring (bicyclic) bond motifs is 2. The molecule has 0 radical (unpaired) electrons. The maximum Gasteiger partial charge on any atom is 0.416 e. The van der Waals surface area contributed by atoms with Crippen LogP contribution in [-0.4, -0.2) is 59.0 Å². The summed E-state index contributed by atoms with van der Waals surface area (Å²) in [6, 6.07) is 6.28. The molecule has 2 aromatic carbocycles. The summed E-state index contributed by atoms with van der Waals surface area (Å²) in [5.74, 6) is -3.38. The molecule has 4 rings (SSSR count). The monoisotopic (exact) mass is 553 g/mol. The number of hydrogen-bond donors (Lipinski definition) is 2. The number of aliphatic carboxylic acids is 1. The summed E-state index contributed by atoms with van der Waals surface area (Å²) in [5.41, 5.74) is -0.590. The number of carbonyl (C=O) groups excluding carboxylic acids is 3. The maximum absolute atomic E-state index is 14.0. The molecule has 2 unspecified atom stereocenters. The number of piperidine rings is 1. The Labute approximate surface area is 219 Å². The largest absolute Gasteiger partial charge is 0.481 e. The number of hydrogen-bond acceptors (Lipinski definition) is 5. The van der Waals surface area contributed by atoms with Crippen LogP contribution in [0, 0.1) is 0 Å². The average Bonchev–Trinajstić information content (AvgIpc) is 2.89. The van der Waals surface area contributed by atoms with Crippen molar-refractivity contribution in [1.82, 2.24) is 10.2 Å². The van der Waals surface area contributed by atoms with Crippen molar-refractivity contribution in [3.05, 3.63) is 48.0 Å². The van der Waals surface area contributed by atoms with Gasteiger partial charge in [0.25, 0.3) is 0 Å². The summed E-state index contributed by atoms with van der Waals surface area (Å²) in [7, 11) is 0. The van der Waals surface area contributed by atoms with Crippen LogP contribution < -0.4 is 10.2 Å². The first-order valence-electron chi connectivity index (χ1n) is 11.7. The molecule has 2 aliphatic heterocycles. The Balaban J connectivity index is 1.70. The number of para-hydroxylation sites is 1. The molecule has 0 aromatic heterocycles. The van der Waals surface area contributed by atoms with Gasteiger partial charge in [0.1, 0.15) is 18.8 Å². The van der Waals surface area contributed by atoms with Crippen LogP contribution in [0.3, 0.4) is 0 Å². The first-order valence-corrected chi connectivity index (χ1v) is 12.5. The number of Topliss-reactive ketones (excluding diaryl/α,β-unsaturated/α-hetero) is 1. The fourth-order valence-electron chi connectivity index (χ4n) is 4.48. The Morgan fingerprint density at radius 1 is 1.05 bits per heavy atom. The number of carboxylic acids is 1. The molecular formula is C25H23F4N3O5S. The second-order valence-corrected chi connectivity index (χ2v) is 9.92. The number of nitrogens with one attached hydrogen (secondary N) is 1. The normalized spacial score (nSPS) is 17.7. The van der Waals surface area contributed by atoms with Gasteiger partial charge in [-0.2, -0.15) is 13.2 Å². The quantitative estimate of drug-likeness (QED) is 0.499. The third-order valence-corrected chi connectivity index (χ3v) is 7.44. The van der Waals surface area contributed by atoms with Crippen molar-refractivity contribution in [3.8, 4) is 0 Å². The number of urea groups is 1. The molecule has 0 bridgehead atoms. The number of amides is 3. The Hall–Kier alpha value is -3.61. The van der Waals surface area contributed by atoms with Gasteiger partial charge in [0, 0.05) is 16.3 Å². The first kappa shape index (κ1) is 27.4. The zero-order chi connectivity index (χ0) is 27.6. The molecular weight excluding hydrogens is 530 g/mol. The SMILES string of the molecule is O=C(O)CC(NC(=O)C1CCCCN1C(=O)N1c2ccccc2Sc2ccc(C(F)(F)F)cc21)C(=O)CF. The number of alkyl halides is 4. The lowest BCUT2D eigenvalue weighted by molar-refractivity contribution is -0.141. The molecule has 1 saturated heterocycles. The molecule has 2 aromatic rings. The van der Waals surface area contributed by atoms with Gasteiger partial charge in [0.05, 0.1) is 23.4 Å². The third-order valence-electron chi connectivity index (χ3n) is 6.31. The molecule has 1 fully saturated rings. The first-order chi connectivity index (χ1) is 18.0. The van der Waals surface area contributed by atoms with Crippen LogP contribution in [0.2, 0.25) is 0 Å². The van der Waals surface area contributed by atoms with E-state index in [0.29, 0.717) is 28.3 Å². The van der Waals surface area contributed by atoms with E-state index in [2.05, 4.69) is 5.32 Å². The molecule has 0 saturated carbocycles. The Morgan fingerprint density at radius 2 is 1.76 bits per heavy atom. The van der Waals surface area contributed by atoms with Crippen LogP contribution in [-0.2, 0) is 20.6 Å². The summed E-state index contributed by atoms with van der Waals surface area (Å²) < 4.78 is 53.6. The van der Waals surface area contributed by atoms with Crippen LogP contribution in [0.1, 0.15) is 31.2 Å². The highest BCUT2D eigenvalue weighted by molar-refractivity contribution is 7.99. The summed E-state index contributed by atoms with van der Waals surface area (Å²) >= 11 is 1.21. The molecule has 2 atom stereocenters. The molecule has 2 heterocycles. The van der Waals surface area contributed by atoms with E-state index < -0.39 is 60.6 Å². The Bertz CT molecular complexity index is 1270. The van der Waals surface area contributed by atoms with Gasteiger partial charge < -0.3 is 15.3 Å². The standard InChI is InChI=1S/C25H23F4N3O5S/c26-13-19(33)15(12-22(34)35)30-23(36)17-6-3-4-10-31(17)24(37)32-16-5-1-2-7-20(16)38-21-9-8-14(11-18(21)32)25(27,28)29/h1-2,5,7-9,11,15,17H,3-4,6,10,12-13H2,(H,30,36)(H,34,35). The van der Waals surface area contributed by atoms with Gasteiger partial charge in [0.2, 0.25) is 5.91 Å². The molecule has 202 valence electrons. The summed E-state index contributed by atoms with van der Waals surface area (Å²) in [5, 5.41) is 11.3. The molecule has 13 heteroatoms. The van der Waals surface area contributed by atoms with Gasteiger partial charge in [0.15, 0.2) is 5.78 Å². The van der Waals surface area contributed by atoms with Gasteiger partial charge in [-0.3, -0.25) is 19.3 Å². The third kappa shape index (κ3) is 5.62. The van der Waals surface area contributed by atoms with Crippen molar-refractivity contribution in [2.75, 3.05) is 18.1 Å². The van der Waals surface area contributed by atoms with E-state index >= 15 is 0 Å². The Morgan fingerprint density at radius 3 is 2.45 bits per heavy atom. The molecule has 2 aliphatic rings. The highest BCUT2D eigenvalue weighted by atomic mass is 32.2. The predicted octanol–water partition coefficient (Wildman–Crippen LogP) is 4.78. The average molecular weight is 554 g/mol. The van der Waals surface area contributed by atoms with Crippen LogP contribution in [0.15, 0.2) is 52.3 Å². The van der Waals surface area contributed by atoms with E-state index in [0.717, 1.165) is 17.0 Å². The van der Waals surface area contributed by atoms with E-state index in [1.54, 1.807) is 24.3 Å². The molecule has 8 nitrogen and oxygen atoms in total. The number of ketones is 1. The van der Waals surface area contributed by atoms with Crippen molar-refractivity contribution in [3.63, 3.8) is 0 Å². The van der Waals surface area contributed by atoms with Gasteiger partial charge in [-0.1, -0.05) is 23.9 Å². The van der Waals surface area contributed by atoms with E-state index in [-0.39, 0.29) is 18.7 Å². The van der Waals surface area contributed by atoms with Crippen LogP contribution >= 0.6 is 11.8 Å². The number of benzene rings is 2. The minimum atomic E-state index is -4.65.